The number of nitrogens with zero attached hydrogens (tertiary/aromatic N) is 1. The summed E-state index contributed by atoms with van der Waals surface area (Å²) in [4.78, 5) is 12.0. The average Bonchev–Trinajstić information content (AvgIpc) is 2.94. The Kier molecular flexibility index (Phi) is 6.57. The van der Waals surface area contributed by atoms with Gasteiger partial charge in [-0.2, -0.15) is 0 Å². The minimum atomic E-state index is -0.902. The SMILES string of the molecule is C=Cc1ccc(Cn2c(C)c(CNCc3ccccc3Cl)c(C(=O)O)c2C)cc1. The number of nitrogens with one attached hydrogen (secondary N) is 1. The van der Waals surface area contributed by atoms with Gasteiger partial charge in [-0.1, -0.05) is 66.7 Å². The van der Waals surface area contributed by atoms with Gasteiger partial charge in [0.1, 0.15) is 0 Å². The molecule has 3 rings (SSSR count). The highest BCUT2D eigenvalue weighted by Crippen LogP contribution is 2.24. The molecule has 29 heavy (non-hydrogen) atoms. The monoisotopic (exact) mass is 408 g/mol. The van der Waals surface area contributed by atoms with Crippen LogP contribution >= 0.6 is 11.6 Å². The van der Waals surface area contributed by atoms with Crippen molar-refractivity contribution in [3.8, 4) is 0 Å². The van der Waals surface area contributed by atoms with Gasteiger partial charge in [-0.25, -0.2) is 4.79 Å². The van der Waals surface area contributed by atoms with E-state index in [0.29, 0.717) is 30.2 Å². The maximum atomic E-state index is 12.0. The van der Waals surface area contributed by atoms with Crippen molar-refractivity contribution in [2.24, 2.45) is 0 Å². The summed E-state index contributed by atoms with van der Waals surface area (Å²) in [6.45, 7) is 9.28. The minimum Gasteiger partial charge on any atom is -0.478 e. The van der Waals surface area contributed by atoms with E-state index in [0.717, 1.165) is 33.6 Å². The fraction of sp³-hybridized carbons (Fsp3) is 0.208. The van der Waals surface area contributed by atoms with E-state index in [9.17, 15) is 9.90 Å². The normalized spacial score (nSPS) is 10.9. The summed E-state index contributed by atoms with van der Waals surface area (Å²) in [5, 5.41) is 13.8. The van der Waals surface area contributed by atoms with Crippen LogP contribution in [0.15, 0.2) is 55.1 Å². The summed E-state index contributed by atoms with van der Waals surface area (Å²) in [5.41, 5.74) is 6.06. The molecular weight excluding hydrogens is 384 g/mol. The van der Waals surface area contributed by atoms with Gasteiger partial charge in [0.2, 0.25) is 0 Å². The van der Waals surface area contributed by atoms with E-state index in [2.05, 4.69) is 16.5 Å². The first-order valence-electron chi connectivity index (χ1n) is 9.49. The highest BCUT2D eigenvalue weighted by atomic mass is 35.5. The number of benzene rings is 2. The Morgan fingerprint density at radius 3 is 2.41 bits per heavy atom. The molecule has 3 aromatic rings. The van der Waals surface area contributed by atoms with Crippen molar-refractivity contribution in [3.63, 3.8) is 0 Å². The Labute approximate surface area is 176 Å². The molecule has 0 aliphatic rings. The summed E-state index contributed by atoms with van der Waals surface area (Å²) in [7, 11) is 0. The van der Waals surface area contributed by atoms with E-state index in [1.54, 1.807) is 6.08 Å². The Morgan fingerprint density at radius 2 is 1.79 bits per heavy atom. The quantitative estimate of drug-likeness (QED) is 0.522. The average molecular weight is 409 g/mol. The first-order chi connectivity index (χ1) is 13.9. The molecule has 1 aromatic heterocycles. The summed E-state index contributed by atoms with van der Waals surface area (Å²) >= 11 is 6.22. The molecule has 0 bridgehead atoms. The van der Waals surface area contributed by atoms with Crippen molar-refractivity contribution in [2.75, 3.05) is 0 Å². The third-order valence-electron chi connectivity index (χ3n) is 5.26. The zero-order valence-corrected chi connectivity index (χ0v) is 17.5. The number of carbonyl (C=O) groups is 1. The van der Waals surface area contributed by atoms with Crippen LogP contribution in [0.25, 0.3) is 6.08 Å². The lowest BCUT2D eigenvalue weighted by Crippen LogP contribution is -2.15. The van der Waals surface area contributed by atoms with Gasteiger partial charge in [0.15, 0.2) is 0 Å². The largest absolute Gasteiger partial charge is 0.478 e. The molecule has 1 heterocycles. The van der Waals surface area contributed by atoms with Crippen LogP contribution in [0.1, 0.15) is 44.0 Å². The number of aromatic nitrogens is 1. The van der Waals surface area contributed by atoms with E-state index in [4.69, 9.17) is 11.6 Å². The molecule has 0 fully saturated rings. The fourth-order valence-corrected chi connectivity index (χ4v) is 3.79. The number of halogens is 1. The lowest BCUT2D eigenvalue weighted by Gasteiger charge is -2.11. The predicted octanol–water partition coefficient (Wildman–Crippen LogP) is 5.44. The first kappa shape index (κ1) is 20.9. The second-order valence-electron chi connectivity index (χ2n) is 7.06. The van der Waals surface area contributed by atoms with Gasteiger partial charge in [-0.15, -0.1) is 0 Å². The Bertz CT molecular complexity index is 1040. The van der Waals surface area contributed by atoms with Crippen LogP contribution in [0, 0.1) is 13.8 Å². The fourth-order valence-electron chi connectivity index (χ4n) is 3.59. The molecule has 0 aliphatic heterocycles. The van der Waals surface area contributed by atoms with E-state index in [-0.39, 0.29) is 0 Å². The number of carboxylic acid groups (broad SMARTS) is 1. The van der Waals surface area contributed by atoms with E-state index in [1.807, 2.05) is 62.4 Å². The number of carboxylic acids is 1. The molecule has 0 unspecified atom stereocenters. The highest BCUT2D eigenvalue weighted by Gasteiger charge is 2.22. The van der Waals surface area contributed by atoms with Crippen LogP contribution in [0.2, 0.25) is 5.02 Å². The number of hydrogen-bond donors (Lipinski definition) is 2. The zero-order valence-electron chi connectivity index (χ0n) is 16.7. The van der Waals surface area contributed by atoms with Crippen molar-refractivity contribution in [1.29, 1.82) is 0 Å². The first-order valence-corrected chi connectivity index (χ1v) is 9.87. The molecule has 0 radical (unpaired) electrons. The second-order valence-corrected chi connectivity index (χ2v) is 7.46. The van der Waals surface area contributed by atoms with Gasteiger partial charge in [0.25, 0.3) is 0 Å². The lowest BCUT2D eigenvalue weighted by atomic mass is 10.1. The molecule has 4 nitrogen and oxygen atoms in total. The van der Waals surface area contributed by atoms with E-state index in [1.165, 1.54) is 0 Å². The minimum absolute atomic E-state index is 0.372. The molecule has 0 spiro atoms. The van der Waals surface area contributed by atoms with Crippen LogP contribution in [0.5, 0.6) is 0 Å². The van der Waals surface area contributed by atoms with Gasteiger partial charge in [-0.3, -0.25) is 0 Å². The van der Waals surface area contributed by atoms with E-state index < -0.39 is 5.97 Å². The van der Waals surface area contributed by atoms with Crippen LogP contribution in [-0.2, 0) is 19.6 Å². The Morgan fingerprint density at radius 1 is 1.10 bits per heavy atom. The molecule has 2 aromatic carbocycles. The highest BCUT2D eigenvalue weighted by molar-refractivity contribution is 6.31. The maximum Gasteiger partial charge on any atom is 0.337 e. The Balaban J connectivity index is 1.84. The maximum absolute atomic E-state index is 12.0. The number of hydrogen-bond acceptors (Lipinski definition) is 2. The molecule has 0 amide bonds. The third kappa shape index (κ3) is 4.61. The molecule has 0 aliphatic carbocycles. The van der Waals surface area contributed by atoms with Crippen molar-refractivity contribution >= 4 is 23.6 Å². The predicted molar refractivity (Wildman–Crippen MR) is 118 cm³/mol. The van der Waals surface area contributed by atoms with E-state index >= 15 is 0 Å². The summed E-state index contributed by atoms with van der Waals surface area (Å²) in [6, 6.07) is 15.8. The second kappa shape index (κ2) is 9.12. The third-order valence-corrected chi connectivity index (χ3v) is 5.62. The topological polar surface area (TPSA) is 54.3 Å². The van der Waals surface area contributed by atoms with Gasteiger partial charge >= 0.3 is 5.97 Å². The van der Waals surface area contributed by atoms with Crippen molar-refractivity contribution < 1.29 is 9.90 Å². The van der Waals surface area contributed by atoms with Crippen molar-refractivity contribution in [2.45, 2.75) is 33.5 Å². The molecule has 0 saturated carbocycles. The van der Waals surface area contributed by atoms with Gasteiger partial charge in [0.05, 0.1) is 5.56 Å². The molecule has 2 N–H and O–H groups in total. The molecular formula is C24H25ClN2O2. The molecule has 5 heteroatoms. The lowest BCUT2D eigenvalue weighted by molar-refractivity contribution is 0.0694. The smallest absolute Gasteiger partial charge is 0.337 e. The molecule has 0 atom stereocenters. The van der Waals surface area contributed by atoms with Gasteiger partial charge < -0.3 is 15.0 Å². The zero-order chi connectivity index (χ0) is 21.0. The number of aromatic carboxylic acids is 1. The summed E-state index contributed by atoms with van der Waals surface area (Å²) in [5.74, 6) is -0.902. The van der Waals surface area contributed by atoms with Crippen LogP contribution in [0.4, 0.5) is 0 Å². The molecule has 150 valence electrons. The van der Waals surface area contributed by atoms with Crippen molar-refractivity contribution in [3.05, 3.63) is 99.3 Å². The van der Waals surface area contributed by atoms with Crippen LogP contribution in [0.3, 0.4) is 0 Å². The molecule has 0 saturated heterocycles. The van der Waals surface area contributed by atoms with Gasteiger partial charge in [-0.05, 0) is 36.6 Å². The van der Waals surface area contributed by atoms with Crippen LogP contribution < -0.4 is 5.32 Å². The number of rotatable bonds is 8. The summed E-state index contributed by atoms with van der Waals surface area (Å²) in [6.07, 6.45) is 1.81. The summed E-state index contributed by atoms with van der Waals surface area (Å²) < 4.78 is 2.07. The van der Waals surface area contributed by atoms with Crippen molar-refractivity contribution in [1.82, 2.24) is 9.88 Å². The van der Waals surface area contributed by atoms with Crippen LogP contribution in [-0.4, -0.2) is 15.6 Å². The Hall–Kier alpha value is -2.82. The standard InChI is InChI=1S/C24H25ClN2O2/c1-4-18-9-11-19(12-10-18)15-27-16(2)21(23(17(27)3)24(28)29)14-26-13-20-7-5-6-8-22(20)25/h4-12,26H,1,13-15H2,2-3H3,(H,28,29). The van der Waals surface area contributed by atoms with Gasteiger partial charge in [0, 0.05) is 41.6 Å².